The van der Waals surface area contributed by atoms with Crippen LogP contribution in [0.5, 0.6) is 0 Å². The summed E-state index contributed by atoms with van der Waals surface area (Å²) in [5.41, 5.74) is 1.07. The number of likely N-dealkylation sites (tertiary alicyclic amines) is 1. The summed E-state index contributed by atoms with van der Waals surface area (Å²) in [6, 6.07) is 6.72. The molecule has 0 spiro atoms. The summed E-state index contributed by atoms with van der Waals surface area (Å²) in [6.45, 7) is 6.51. The van der Waals surface area contributed by atoms with E-state index < -0.39 is 0 Å². The molecule has 0 bridgehead atoms. The molecule has 4 rings (SSSR count). The monoisotopic (exact) mass is 473 g/mol. The Balaban J connectivity index is 1.20. The van der Waals surface area contributed by atoms with E-state index in [0.29, 0.717) is 24.7 Å². The van der Waals surface area contributed by atoms with Crippen LogP contribution in [0.3, 0.4) is 0 Å². The first-order valence-electron chi connectivity index (χ1n) is 13.3. The highest BCUT2D eigenvalue weighted by atomic mass is 19.1. The second-order valence-corrected chi connectivity index (χ2v) is 10.2. The first-order valence-corrected chi connectivity index (χ1v) is 13.3. The molecule has 2 atom stereocenters. The number of ether oxygens (including phenoxy) is 1. The Kier molecular flexibility index (Phi) is 9.19. The van der Waals surface area contributed by atoms with Crippen LogP contribution in [-0.4, -0.2) is 73.6 Å². The van der Waals surface area contributed by atoms with Crippen molar-refractivity contribution >= 4 is 17.6 Å². The molecule has 3 fully saturated rings. The average Bonchev–Trinajstić information content (AvgIpc) is 3.38. The van der Waals surface area contributed by atoms with Crippen LogP contribution in [-0.2, 0) is 14.3 Å². The maximum Gasteiger partial charge on any atom is 0.306 e. The SMILES string of the molecule is O=C1CCCC(CC(=O)N2CCCC2)CCC[C@H](CCN2CCN(c3ccc(F)cc3)CC2)O1. The number of nitrogens with zero attached hydrogens (tertiary/aromatic N) is 3. The first kappa shape index (κ1) is 25.0. The number of benzene rings is 1. The highest BCUT2D eigenvalue weighted by Gasteiger charge is 2.25. The Morgan fingerprint density at radius 2 is 1.62 bits per heavy atom. The lowest BCUT2D eigenvalue weighted by atomic mass is 9.90. The first-order chi connectivity index (χ1) is 16.6. The predicted octanol–water partition coefficient (Wildman–Crippen LogP) is 4.23. The minimum absolute atomic E-state index is 0.0318. The Morgan fingerprint density at radius 1 is 0.912 bits per heavy atom. The number of hydrogen-bond donors (Lipinski definition) is 0. The number of carbonyl (C=O) groups is 2. The largest absolute Gasteiger partial charge is 0.462 e. The Labute approximate surface area is 203 Å². The maximum absolute atomic E-state index is 13.2. The van der Waals surface area contributed by atoms with Gasteiger partial charge in [0.15, 0.2) is 0 Å². The van der Waals surface area contributed by atoms with Crippen LogP contribution in [0.2, 0.25) is 0 Å². The molecule has 3 aliphatic heterocycles. The minimum atomic E-state index is -0.202. The van der Waals surface area contributed by atoms with E-state index in [4.69, 9.17) is 4.74 Å². The molecule has 188 valence electrons. The number of halogens is 1. The van der Waals surface area contributed by atoms with Crippen molar-refractivity contribution in [3.63, 3.8) is 0 Å². The molecule has 1 unspecified atom stereocenters. The number of esters is 1. The molecule has 3 heterocycles. The van der Waals surface area contributed by atoms with Crippen LogP contribution < -0.4 is 4.90 Å². The third-order valence-electron chi connectivity index (χ3n) is 7.68. The molecule has 0 radical (unpaired) electrons. The number of piperazine rings is 1. The minimum Gasteiger partial charge on any atom is -0.462 e. The molecule has 0 N–H and O–H groups in total. The summed E-state index contributed by atoms with van der Waals surface area (Å²) in [4.78, 5) is 31.7. The van der Waals surface area contributed by atoms with Gasteiger partial charge >= 0.3 is 5.97 Å². The second kappa shape index (κ2) is 12.5. The molecule has 6 nitrogen and oxygen atoms in total. The summed E-state index contributed by atoms with van der Waals surface area (Å²) in [5, 5.41) is 0. The molecule has 0 saturated carbocycles. The number of hydrogen-bond acceptors (Lipinski definition) is 5. The molecule has 1 amide bonds. The van der Waals surface area contributed by atoms with Gasteiger partial charge in [-0.05, 0) is 81.5 Å². The fourth-order valence-corrected chi connectivity index (χ4v) is 5.58. The van der Waals surface area contributed by atoms with Crippen LogP contribution >= 0.6 is 0 Å². The van der Waals surface area contributed by atoms with E-state index in [1.807, 2.05) is 17.0 Å². The van der Waals surface area contributed by atoms with Gasteiger partial charge in [0.05, 0.1) is 0 Å². The third kappa shape index (κ3) is 7.42. The van der Waals surface area contributed by atoms with Gasteiger partial charge in [0.25, 0.3) is 0 Å². The van der Waals surface area contributed by atoms with E-state index in [0.717, 1.165) is 103 Å². The van der Waals surface area contributed by atoms with Gasteiger partial charge in [-0.15, -0.1) is 0 Å². The number of cyclic esters (lactones) is 1. The molecule has 34 heavy (non-hydrogen) atoms. The van der Waals surface area contributed by atoms with Gasteiger partial charge in [0.1, 0.15) is 11.9 Å². The lowest BCUT2D eigenvalue weighted by Crippen LogP contribution is -2.47. The van der Waals surface area contributed by atoms with E-state index in [9.17, 15) is 14.0 Å². The standard InChI is InChI=1S/C27H40FN3O3/c28-23-9-11-24(12-10-23)30-19-17-29(18-20-30)16-13-25-7-3-5-22(6-4-8-27(33)34-25)21-26(32)31-14-1-2-15-31/h9-12,22,25H,1-8,13-21H2/t22?,25-/m1/s1. The smallest absolute Gasteiger partial charge is 0.306 e. The molecule has 0 aliphatic carbocycles. The van der Waals surface area contributed by atoms with Gasteiger partial charge in [-0.3, -0.25) is 14.5 Å². The zero-order valence-electron chi connectivity index (χ0n) is 20.4. The van der Waals surface area contributed by atoms with Crippen LogP contribution in [0.1, 0.15) is 64.2 Å². The van der Waals surface area contributed by atoms with Crippen molar-refractivity contribution < 1.29 is 18.7 Å². The zero-order chi connectivity index (χ0) is 23.8. The van der Waals surface area contributed by atoms with Gasteiger partial charge in [0, 0.05) is 64.3 Å². The molecule has 7 heteroatoms. The van der Waals surface area contributed by atoms with Gasteiger partial charge in [-0.2, -0.15) is 0 Å². The molecule has 1 aromatic rings. The molecule has 0 aromatic heterocycles. The number of carbonyl (C=O) groups excluding carboxylic acids is 2. The van der Waals surface area contributed by atoms with Crippen LogP contribution in [0, 0.1) is 11.7 Å². The van der Waals surface area contributed by atoms with Crippen molar-refractivity contribution in [3.8, 4) is 0 Å². The van der Waals surface area contributed by atoms with Crippen molar-refractivity contribution in [1.82, 2.24) is 9.80 Å². The fraction of sp³-hybridized carbons (Fsp3) is 0.704. The summed E-state index contributed by atoms with van der Waals surface area (Å²) < 4.78 is 19.0. The molecule has 3 aliphatic rings. The quantitative estimate of drug-likeness (QED) is 0.579. The fourth-order valence-electron chi connectivity index (χ4n) is 5.58. The summed E-state index contributed by atoms with van der Waals surface area (Å²) in [6.07, 6.45) is 8.88. The zero-order valence-corrected chi connectivity index (χ0v) is 20.4. The maximum atomic E-state index is 13.2. The second-order valence-electron chi connectivity index (χ2n) is 10.2. The van der Waals surface area contributed by atoms with E-state index in [1.165, 1.54) is 12.1 Å². The normalized spacial score (nSPS) is 25.3. The van der Waals surface area contributed by atoms with Crippen molar-refractivity contribution in [1.29, 1.82) is 0 Å². The van der Waals surface area contributed by atoms with Crippen molar-refractivity contribution in [2.45, 2.75) is 70.3 Å². The van der Waals surface area contributed by atoms with E-state index in [-0.39, 0.29) is 17.9 Å². The molecular formula is C27H40FN3O3. The number of rotatable bonds is 6. The highest BCUT2D eigenvalue weighted by molar-refractivity contribution is 5.76. The summed E-state index contributed by atoms with van der Waals surface area (Å²) in [7, 11) is 0. The molecular weight excluding hydrogens is 433 g/mol. The lowest BCUT2D eigenvalue weighted by Gasteiger charge is -2.36. The van der Waals surface area contributed by atoms with Crippen molar-refractivity contribution in [3.05, 3.63) is 30.1 Å². The summed E-state index contributed by atoms with van der Waals surface area (Å²) >= 11 is 0. The van der Waals surface area contributed by atoms with E-state index >= 15 is 0 Å². The topological polar surface area (TPSA) is 53.1 Å². The molecule has 3 saturated heterocycles. The van der Waals surface area contributed by atoms with Crippen LogP contribution in [0.4, 0.5) is 10.1 Å². The predicted molar refractivity (Wildman–Crippen MR) is 131 cm³/mol. The van der Waals surface area contributed by atoms with Crippen LogP contribution in [0.25, 0.3) is 0 Å². The average molecular weight is 474 g/mol. The lowest BCUT2D eigenvalue weighted by molar-refractivity contribution is -0.150. The van der Waals surface area contributed by atoms with Gasteiger partial charge < -0.3 is 14.5 Å². The van der Waals surface area contributed by atoms with E-state index in [2.05, 4.69) is 9.80 Å². The van der Waals surface area contributed by atoms with Crippen molar-refractivity contribution in [2.24, 2.45) is 5.92 Å². The van der Waals surface area contributed by atoms with Gasteiger partial charge in [0.2, 0.25) is 5.91 Å². The van der Waals surface area contributed by atoms with Gasteiger partial charge in [-0.25, -0.2) is 4.39 Å². The molecule has 1 aromatic carbocycles. The number of anilines is 1. The van der Waals surface area contributed by atoms with Crippen molar-refractivity contribution in [2.75, 3.05) is 50.7 Å². The summed E-state index contributed by atoms with van der Waals surface area (Å²) in [5.74, 6) is 0.405. The highest BCUT2D eigenvalue weighted by Crippen LogP contribution is 2.26. The third-order valence-corrected chi connectivity index (χ3v) is 7.68. The van der Waals surface area contributed by atoms with Gasteiger partial charge in [-0.1, -0.05) is 0 Å². The Hall–Kier alpha value is -2.15. The Bertz CT molecular complexity index is 789. The Morgan fingerprint density at radius 3 is 2.35 bits per heavy atom. The number of amides is 1. The van der Waals surface area contributed by atoms with E-state index in [1.54, 1.807) is 0 Å². The van der Waals surface area contributed by atoms with Crippen LogP contribution in [0.15, 0.2) is 24.3 Å².